The molecule has 2 heterocycles. The number of nitrogens with one attached hydrogen (secondary N) is 1. The van der Waals surface area contributed by atoms with Crippen molar-refractivity contribution in [3.05, 3.63) is 35.7 Å². The summed E-state index contributed by atoms with van der Waals surface area (Å²) < 4.78 is 4.96. The van der Waals surface area contributed by atoms with Crippen LogP contribution in [0.5, 0.6) is 0 Å². The highest BCUT2D eigenvalue weighted by molar-refractivity contribution is 5.79. The summed E-state index contributed by atoms with van der Waals surface area (Å²) in [4.78, 5) is 17.8. The van der Waals surface area contributed by atoms with Gasteiger partial charge in [0.2, 0.25) is 17.6 Å². The summed E-state index contributed by atoms with van der Waals surface area (Å²) in [6, 6.07) is 7.89. The van der Waals surface area contributed by atoms with E-state index in [2.05, 4.69) is 15.5 Å². The van der Waals surface area contributed by atoms with Gasteiger partial charge >= 0.3 is 0 Å². The van der Waals surface area contributed by atoms with Gasteiger partial charge in [-0.1, -0.05) is 29.4 Å². The van der Waals surface area contributed by atoms with Crippen LogP contribution in [-0.4, -0.2) is 40.6 Å². The zero-order chi connectivity index (χ0) is 13.9. The monoisotopic (exact) mass is 272 g/mol. The van der Waals surface area contributed by atoms with Gasteiger partial charge in [0.15, 0.2) is 0 Å². The molecule has 1 aliphatic rings. The summed E-state index contributed by atoms with van der Waals surface area (Å²) in [5.74, 6) is 1.29. The van der Waals surface area contributed by atoms with Crippen LogP contribution in [0.4, 0.5) is 0 Å². The van der Waals surface area contributed by atoms with Crippen molar-refractivity contribution in [2.45, 2.75) is 13.5 Å². The lowest BCUT2D eigenvalue weighted by Gasteiger charge is -2.27. The Bertz CT molecular complexity index is 606. The van der Waals surface area contributed by atoms with Gasteiger partial charge in [-0.2, -0.15) is 4.98 Å². The zero-order valence-electron chi connectivity index (χ0n) is 11.3. The first-order chi connectivity index (χ1) is 9.72. The van der Waals surface area contributed by atoms with Crippen molar-refractivity contribution in [3.63, 3.8) is 0 Å². The number of aromatic nitrogens is 2. The molecule has 2 aromatic rings. The molecule has 1 amide bonds. The Morgan fingerprint density at radius 3 is 2.80 bits per heavy atom. The molecule has 0 atom stereocenters. The fourth-order valence-electron chi connectivity index (χ4n) is 2.21. The van der Waals surface area contributed by atoms with Crippen LogP contribution in [-0.2, 0) is 11.3 Å². The first kappa shape index (κ1) is 12.8. The minimum atomic E-state index is 0.147. The van der Waals surface area contributed by atoms with E-state index in [-0.39, 0.29) is 5.91 Å². The van der Waals surface area contributed by atoms with Gasteiger partial charge in [-0.05, 0) is 5.56 Å². The van der Waals surface area contributed by atoms with Crippen LogP contribution >= 0.6 is 0 Å². The van der Waals surface area contributed by atoms with Crippen LogP contribution in [0.1, 0.15) is 11.5 Å². The number of hydrogen-bond acceptors (Lipinski definition) is 5. The average Bonchev–Trinajstić information content (AvgIpc) is 2.89. The van der Waals surface area contributed by atoms with E-state index in [1.807, 2.05) is 29.2 Å². The molecule has 0 saturated carbocycles. The molecule has 3 rings (SSSR count). The Labute approximate surface area is 116 Å². The lowest BCUT2D eigenvalue weighted by Crippen LogP contribution is -2.47. The molecule has 0 bridgehead atoms. The minimum absolute atomic E-state index is 0.147. The maximum absolute atomic E-state index is 11.7. The predicted molar refractivity (Wildman–Crippen MR) is 72.8 cm³/mol. The van der Waals surface area contributed by atoms with Crippen molar-refractivity contribution in [1.82, 2.24) is 20.4 Å². The first-order valence-electron chi connectivity index (χ1n) is 6.60. The third kappa shape index (κ3) is 2.70. The van der Waals surface area contributed by atoms with Crippen LogP contribution < -0.4 is 5.32 Å². The highest BCUT2D eigenvalue weighted by atomic mass is 16.5. The molecular formula is C14H16N4O2. The van der Waals surface area contributed by atoms with E-state index in [9.17, 15) is 4.79 Å². The summed E-state index contributed by atoms with van der Waals surface area (Å²) >= 11 is 0. The Balaban J connectivity index is 1.71. The van der Waals surface area contributed by atoms with E-state index in [0.29, 0.717) is 24.8 Å². The largest absolute Gasteiger partial charge is 0.339 e. The number of hydrogen-bond donors (Lipinski definition) is 1. The molecule has 20 heavy (non-hydrogen) atoms. The molecule has 1 fully saturated rings. The van der Waals surface area contributed by atoms with Crippen LogP contribution in [0.2, 0.25) is 0 Å². The number of carbonyl (C=O) groups excluding carboxylic acids is 1. The standard InChI is InChI=1S/C14H16N4O2/c1-10-16-14(17-20-10)12-4-2-11(3-5-12)9-18-7-6-15-8-13(18)19/h2-5,15H,6-9H2,1H3. The molecular weight excluding hydrogens is 256 g/mol. The number of piperazine rings is 1. The Kier molecular flexibility index (Phi) is 3.47. The van der Waals surface area contributed by atoms with Gasteiger partial charge in [0, 0.05) is 32.1 Å². The maximum Gasteiger partial charge on any atom is 0.236 e. The van der Waals surface area contributed by atoms with Gasteiger partial charge in [0.1, 0.15) is 0 Å². The first-order valence-corrected chi connectivity index (χ1v) is 6.60. The molecule has 0 radical (unpaired) electrons. The quantitative estimate of drug-likeness (QED) is 0.901. The smallest absolute Gasteiger partial charge is 0.236 e. The lowest BCUT2D eigenvalue weighted by atomic mass is 10.1. The Hall–Kier alpha value is -2.21. The number of carbonyl (C=O) groups is 1. The second-order valence-corrected chi connectivity index (χ2v) is 4.83. The number of nitrogens with zero attached hydrogens (tertiary/aromatic N) is 3. The summed E-state index contributed by atoms with van der Waals surface area (Å²) in [6.45, 7) is 4.45. The van der Waals surface area contributed by atoms with E-state index in [1.54, 1.807) is 6.92 Å². The molecule has 1 aromatic carbocycles. The summed E-state index contributed by atoms with van der Waals surface area (Å²) in [7, 11) is 0. The molecule has 6 nitrogen and oxygen atoms in total. The second-order valence-electron chi connectivity index (χ2n) is 4.83. The van der Waals surface area contributed by atoms with E-state index in [0.717, 1.165) is 24.2 Å². The number of aryl methyl sites for hydroxylation is 1. The van der Waals surface area contributed by atoms with Gasteiger partial charge in [0.05, 0.1) is 6.54 Å². The van der Waals surface area contributed by atoms with E-state index < -0.39 is 0 Å². The van der Waals surface area contributed by atoms with E-state index in [1.165, 1.54) is 0 Å². The number of amides is 1. The lowest BCUT2D eigenvalue weighted by molar-refractivity contribution is -0.132. The molecule has 6 heteroatoms. The highest BCUT2D eigenvalue weighted by Gasteiger charge is 2.17. The fraction of sp³-hybridized carbons (Fsp3) is 0.357. The second kappa shape index (κ2) is 5.42. The van der Waals surface area contributed by atoms with Gasteiger partial charge in [0.25, 0.3) is 0 Å². The average molecular weight is 272 g/mol. The van der Waals surface area contributed by atoms with Crippen molar-refractivity contribution < 1.29 is 9.32 Å². The minimum Gasteiger partial charge on any atom is -0.339 e. The molecule has 0 spiro atoms. The zero-order valence-corrected chi connectivity index (χ0v) is 11.3. The number of benzene rings is 1. The normalized spacial score (nSPS) is 15.7. The number of rotatable bonds is 3. The summed E-state index contributed by atoms with van der Waals surface area (Å²) in [5.41, 5.74) is 2.02. The third-order valence-electron chi connectivity index (χ3n) is 3.30. The topological polar surface area (TPSA) is 71.3 Å². The molecule has 104 valence electrons. The third-order valence-corrected chi connectivity index (χ3v) is 3.30. The van der Waals surface area contributed by atoms with Crippen molar-refractivity contribution >= 4 is 5.91 Å². The van der Waals surface area contributed by atoms with Crippen molar-refractivity contribution in [2.75, 3.05) is 19.6 Å². The van der Waals surface area contributed by atoms with Crippen LogP contribution in [0.3, 0.4) is 0 Å². The van der Waals surface area contributed by atoms with Gasteiger partial charge in [-0.25, -0.2) is 0 Å². The molecule has 0 unspecified atom stereocenters. The fourth-order valence-corrected chi connectivity index (χ4v) is 2.21. The molecule has 1 aliphatic heterocycles. The maximum atomic E-state index is 11.7. The van der Waals surface area contributed by atoms with E-state index in [4.69, 9.17) is 4.52 Å². The van der Waals surface area contributed by atoms with E-state index >= 15 is 0 Å². The molecule has 1 saturated heterocycles. The van der Waals surface area contributed by atoms with Crippen molar-refractivity contribution in [3.8, 4) is 11.4 Å². The van der Waals surface area contributed by atoms with Crippen LogP contribution in [0.25, 0.3) is 11.4 Å². The van der Waals surface area contributed by atoms with Crippen molar-refractivity contribution in [1.29, 1.82) is 0 Å². The highest BCUT2D eigenvalue weighted by Crippen LogP contribution is 2.17. The van der Waals surface area contributed by atoms with Gasteiger partial charge < -0.3 is 14.7 Å². The molecule has 1 aromatic heterocycles. The van der Waals surface area contributed by atoms with Gasteiger partial charge in [-0.15, -0.1) is 0 Å². The van der Waals surface area contributed by atoms with Gasteiger partial charge in [-0.3, -0.25) is 4.79 Å². The Morgan fingerprint density at radius 2 is 2.15 bits per heavy atom. The van der Waals surface area contributed by atoms with Crippen LogP contribution in [0.15, 0.2) is 28.8 Å². The summed E-state index contributed by atoms with van der Waals surface area (Å²) in [5, 5.41) is 6.95. The van der Waals surface area contributed by atoms with Crippen molar-refractivity contribution in [2.24, 2.45) is 0 Å². The molecule has 0 aliphatic carbocycles. The Morgan fingerprint density at radius 1 is 1.35 bits per heavy atom. The molecule has 1 N–H and O–H groups in total. The van der Waals surface area contributed by atoms with Crippen LogP contribution in [0, 0.1) is 6.92 Å². The summed E-state index contributed by atoms with van der Waals surface area (Å²) in [6.07, 6.45) is 0. The predicted octanol–water partition coefficient (Wildman–Crippen LogP) is 0.977. The SMILES string of the molecule is Cc1nc(-c2ccc(CN3CCNCC3=O)cc2)no1.